The summed E-state index contributed by atoms with van der Waals surface area (Å²) in [4.78, 5) is 20.2. The number of amides is 2. The van der Waals surface area contributed by atoms with E-state index in [9.17, 15) is 14.4 Å². The van der Waals surface area contributed by atoms with Gasteiger partial charge in [0, 0.05) is 48.3 Å². The summed E-state index contributed by atoms with van der Waals surface area (Å²) in [5, 5.41) is 26.0. The molecule has 0 radical (unpaired) electrons. The summed E-state index contributed by atoms with van der Waals surface area (Å²) >= 11 is 1.24. The Bertz CT molecular complexity index is 1360. The Kier molecular flexibility index (Phi) is 7.12. The van der Waals surface area contributed by atoms with Gasteiger partial charge in [0.2, 0.25) is 0 Å². The molecule has 172 valence electrons. The number of aromatic nitrogens is 2. The number of aliphatic hydroxyl groups excluding tert-OH is 1. The highest BCUT2D eigenvalue weighted by molar-refractivity contribution is 7.13. The molecule has 2 heterocycles. The lowest BCUT2D eigenvalue weighted by atomic mass is 10.1. The second-order valence-corrected chi connectivity index (χ2v) is 7.77. The van der Waals surface area contributed by atoms with Crippen molar-refractivity contribution in [1.29, 1.82) is 5.26 Å². The van der Waals surface area contributed by atoms with Crippen LogP contribution in [0.25, 0.3) is 10.9 Å². The molecule has 0 fully saturated rings. The fourth-order valence-corrected chi connectivity index (χ4v) is 3.54. The van der Waals surface area contributed by atoms with E-state index in [1.54, 1.807) is 29.8 Å². The van der Waals surface area contributed by atoms with Gasteiger partial charge in [-0.15, -0.1) is 11.3 Å². The van der Waals surface area contributed by atoms with Gasteiger partial charge in [0.1, 0.15) is 29.1 Å². The summed E-state index contributed by atoms with van der Waals surface area (Å²) < 4.78 is 26.0. The molecule has 0 spiro atoms. The number of halogens is 1. The van der Waals surface area contributed by atoms with E-state index in [4.69, 9.17) is 14.6 Å². The first-order chi connectivity index (χ1) is 16.6. The molecule has 11 heteroatoms. The van der Waals surface area contributed by atoms with Gasteiger partial charge in [-0.1, -0.05) is 0 Å². The van der Waals surface area contributed by atoms with E-state index < -0.39 is 11.8 Å². The van der Waals surface area contributed by atoms with Crippen LogP contribution in [0.1, 0.15) is 12.0 Å². The number of thiazole rings is 1. The first-order valence-corrected chi connectivity index (χ1v) is 11.0. The number of anilines is 2. The highest BCUT2D eigenvalue weighted by Crippen LogP contribution is 2.34. The summed E-state index contributed by atoms with van der Waals surface area (Å²) in [5.74, 6) is 0.218. The van der Waals surface area contributed by atoms with Crippen molar-refractivity contribution in [3.8, 4) is 23.3 Å². The van der Waals surface area contributed by atoms with Crippen molar-refractivity contribution in [3.05, 3.63) is 65.6 Å². The van der Waals surface area contributed by atoms with Crippen LogP contribution in [0.3, 0.4) is 0 Å². The fraction of sp³-hybridized carbons (Fsp3) is 0.130. The van der Waals surface area contributed by atoms with E-state index in [1.807, 2.05) is 0 Å². The van der Waals surface area contributed by atoms with E-state index in [2.05, 4.69) is 26.7 Å². The summed E-state index contributed by atoms with van der Waals surface area (Å²) in [6, 6.07) is 10.3. The number of hydrogen-bond acceptors (Lipinski definition) is 8. The molecule has 9 nitrogen and oxygen atoms in total. The number of carbonyl (C=O) groups excluding carboxylic acids is 1. The van der Waals surface area contributed by atoms with E-state index in [-0.39, 0.29) is 30.2 Å². The molecule has 0 aliphatic rings. The minimum absolute atomic E-state index is 0.0207. The van der Waals surface area contributed by atoms with E-state index in [1.165, 1.54) is 29.7 Å². The smallest absolute Gasteiger partial charge is 0.325 e. The molecule has 0 aliphatic heterocycles. The number of aliphatic hydroxyl groups is 1. The highest BCUT2D eigenvalue weighted by atomic mass is 32.1. The fourth-order valence-electron chi connectivity index (χ4n) is 3.01. The standard InChI is InChI=1S/C23H18FN5O4S/c24-17-11-15(2-3-18(17)28-22(31)29-23-27-6-9-34-23)33-20-4-5-26-19-12-21(32-8-1-7-30)14(13-25)10-16(19)20/h2-6,9-12,30H,1,7-8H2,(H2,27,28,29,31). The van der Waals surface area contributed by atoms with Crippen molar-refractivity contribution in [2.24, 2.45) is 0 Å². The highest BCUT2D eigenvalue weighted by Gasteiger charge is 2.13. The topological polar surface area (TPSA) is 129 Å². The Hall–Kier alpha value is -4.27. The molecule has 0 saturated heterocycles. The maximum Gasteiger partial charge on any atom is 0.325 e. The number of pyridine rings is 1. The second-order valence-electron chi connectivity index (χ2n) is 6.87. The van der Waals surface area contributed by atoms with Crippen molar-refractivity contribution < 1.29 is 23.8 Å². The molecule has 0 atom stereocenters. The van der Waals surface area contributed by atoms with E-state index in [0.29, 0.717) is 34.0 Å². The summed E-state index contributed by atoms with van der Waals surface area (Å²) in [6.45, 7) is 0.238. The molecule has 2 aromatic carbocycles. The zero-order chi connectivity index (χ0) is 23.9. The molecule has 0 bridgehead atoms. The Morgan fingerprint density at radius 1 is 1.15 bits per heavy atom. The molecular weight excluding hydrogens is 461 g/mol. The van der Waals surface area contributed by atoms with Crippen LogP contribution in [0.2, 0.25) is 0 Å². The van der Waals surface area contributed by atoms with E-state index in [0.717, 1.165) is 6.07 Å². The average Bonchev–Trinajstić information content (AvgIpc) is 3.33. The summed E-state index contributed by atoms with van der Waals surface area (Å²) in [5.41, 5.74) is 0.769. The largest absolute Gasteiger partial charge is 0.492 e. The average molecular weight is 479 g/mol. The molecule has 0 saturated carbocycles. The van der Waals surface area contributed by atoms with Crippen LogP contribution in [0, 0.1) is 17.1 Å². The number of urea groups is 1. The number of carbonyl (C=O) groups is 1. The third kappa shape index (κ3) is 5.37. The summed E-state index contributed by atoms with van der Waals surface area (Å²) in [7, 11) is 0. The van der Waals surface area contributed by atoms with Crippen LogP contribution in [0.15, 0.2) is 54.2 Å². The van der Waals surface area contributed by atoms with Crippen molar-refractivity contribution in [3.63, 3.8) is 0 Å². The van der Waals surface area contributed by atoms with Gasteiger partial charge >= 0.3 is 6.03 Å². The van der Waals surface area contributed by atoms with Crippen molar-refractivity contribution in [2.45, 2.75) is 6.42 Å². The van der Waals surface area contributed by atoms with E-state index >= 15 is 0 Å². The van der Waals surface area contributed by atoms with Gasteiger partial charge in [-0.2, -0.15) is 5.26 Å². The first kappa shape index (κ1) is 22.9. The second kappa shape index (κ2) is 10.6. The van der Waals surface area contributed by atoms with Gasteiger partial charge < -0.3 is 19.9 Å². The maximum absolute atomic E-state index is 14.6. The Morgan fingerprint density at radius 2 is 2.03 bits per heavy atom. The van der Waals surface area contributed by atoms with Crippen molar-refractivity contribution in [1.82, 2.24) is 9.97 Å². The van der Waals surface area contributed by atoms with Crippen LogP contribution in [-0.2, 0) is 0 Å². The van der Waals surface area contributed by atoms with Crippen LogP contribution < -0.4 is 20.1 Å². The molecule has 34 heavy (non-hydrogen) atoms. The molecule has 2 aromatic heterocycles. The van der Waals surface area contributed by atoms with Gasteiger partial charge in [-0.05, 0) is 24.3 Å². The van der Waals surface area contributed by atoms with Gasteiger partial charge in [-0.3, -0.25) is 10.3 Å². The van der Waals surface area contributed by atoms with Crippen LogP contribution in [-0.4, -0.2) is 34.3 Å². The third-order valence-electron chi connectivity index (χ3n) is 4.55. The van der Waals surface area contributed by atoms with Crippen LogP contribution in [0.4, 0.5) is 20.0 Å². The van der Waals surface area contributed by atoms with Crippen LogP contribution >= 0.6 is 11.3 Å². The molecule has 4 aromatic rings. The minimum Gasteiger partial charge on any atom is -0.492 e. The van der Waals surface area contributed by atoms with Crippen LogP contribution in [0.5, 0.6) is 17.2 Å². The zero-order valence-corrected chi connectivity index (χ0v) is 18.4. The van der Waals surface area contributed by atoms with Gasteiger partial charge in [0.15, 0.2) is 5.13 Å². The molecule has 2 amide bonds. The Morgan fingerprint density at radius 3 is 2.76 bits per heavy atom. The van der Waals surface area contributed by atoms with Gasteiger partial charge in [0.05, 0.1) is 23.4 Å². The quantitative estimate of drug-likeness (QED) is 0.307. The summed E-state index contributed by atoms with van der Waals surface area (Å²) in [6.07, 6.45) is 3.50. The number of benzene rings is 2. The Labute approximate surface area is 197 Å². The number of fused-ring (bicyclic) bond motifs is 1. The monoisotopic (exact) mass is 479 g/mol. The number of nitrogens with zero attached hydrogens (tertiary/aromatic N) is 3. The zero-order valence-electron chi connectivity index (χ0n) is 17.6. The molecule has 3 N–H and O–H groups in total. The molecular formula is C23H18FN5O4S. The normalized spacial score (nSPS) is 10.5. The minimum atomic E-state index is -0.692. The third-order valence-corrected chi connectivity index (χ3v) is 5.24. The molecule has 0 aliphatic carbocycles. The predicted octanol–water partition coefficient (Wildman–Crippen LogP) is 4.90. The number of nitrogens with one attached hydrogen (secondary N) is 2. The van der Waals surface area contributed by atoms with Gasteiger partial charge in [-0.25, -0.2) is 14.2 Å². The molecule has 4 rings (SSSR count). The van der Waals surface area contributed by atoms with Crippen molar-refractivity contribution >= 4 is 39.1 Å². The maximum atomic E-state index is 14.6. The molecule has 0 unspecified atom stereocenters. The van der Waals surface area contributed by atoms with Crippen molar-refractivity contribution in [2.75, 3.05) is 23.8 Å². The number of rotatable bonds is 8. The van der Waals surface area contributed by atoms with Gasteiger partial charge in [0.25, 0.3) is 0 Å². The predicted molar refractivity (Wildman–Crippen MR) is 125 cm³/mol. The number of hydrogen-bond donors (Lipinski definition) is 3. The first-order valence-electron chi connectivity index (χ1n) is 10.1. The SMILES string of the molecule is N#Cc1cc2c(Oc3ccc(NC(=O)Nc4nccs4)c(F)c3)ccnc2cc1OCCCO. The number of ether oxygens (including phenoxy) is 2. The lowest BCUT2D eigenvalue weighted by Gasteiger charge is -2.13. The number of nitriles is 1. The Balaban J connectivity index is 1.53. The lowest BCUT2D eigenvalue weighted by molar-refractivity contribution is 0.233. The lowest BCUT2D eigenvalue weighted by Crippen LogP contribution is -2.19.